The first-order valence-electron chi connectivity index (χ1n) is 7.50. The highest BCUT2D eigenvalue weighted by Gasteiger charge is 2.10. The van der Waals surface area contributed by atoms with Crippen LogP contribution >= 0.6 is 11.3 Å². The van der Waals surface area contributed by atoms with Crippen molar-refractivity contribution in [2.75, 3.05) is 17.2 Å². The van der Waals surface area contributed by atoms with Crippen LogP contribution in [-0.2, 0) is 0 Å². The maximum atomic E-state index is 4.60. The number of aromatic nitrogens is 2. The number of hydrogen-bond donors (Lipinski definition) is 2. The summed E-state index contributed by atoms with van der Waals surface area (Å²) in [5.74, 6) is 1.67. The molecule has 0 aromatic carbocycles. The first-order chi connectivity index (χ1) is 9.74. The number of nitrogens with zero attached hydrogens (tertiary/aromatic N) is 2. The van der Waals surface area contributed by atoms with Gasteiger partial charge in [0, 0.05) is 12.6 Å². The molecule has 2 N–H and O–H groups in total. The van der Waals surface area contributed by atoms with Gasteiger partial charge in [0.2, 0.25) is 5.95 Å². The van der Waals surface area contributed by atoms with E-state index in [9.17, 15) is 0 Å². The third-order valence-corrected chi connectivity index (χ3v) is 4.09. The zero-order chi connectivity index (χ0) is 14.4. The number of unbranched alkanes of at least 4 members (excludes halogenated alkanes) is 2. The molecule has 2 rings (SSSR count). The van der Waals surface area contributed by atoms with Crippen LogP contribution in [0.2, 0.25) is 0 Å². The molecular formula is C15H24N4S. The van der Waals surface area contributed by atoms with Gasteiger partial charge in [-0.15, -0.1) is 11.3 Å². The fourth-order valence-corrected chi connectivity index (χ4v) is 2.97. The van der Waals surface area contributed by atoms with Crippen LogP contribution in [0.4, 0.5) is 11.8 Å². The second-order valence-corrected chi connectivity index (χ2v) is 6.00. The van der Waals surface area contributed by atoms with E-state index in [2.05, 4.69) is 52.8 Å². The van der Waals surface area contributed by atoms with Crippen molar-refractivity contribution in [3.05, 3.63) is 11.4 Å². The van der Waals surface area contributed by atoms with E-state index in [-0.39, 0.29) is 0 Å². The summed E-state index contributed by atoms with van der Waals surface area (Å²) in [6, 6.07) is 2.53. The van der Waals surface area contributed by atoms with E-state index in [0.29, 0.717) is 12.0 Å². The smallest absolute Gasteiger partial charge is 0.226 e. The van der Waals surface area contributed by atoms with Crippen LogP contribution in [0, 0.1) is 0 Å². The summed E-state index contributed by atoms with van der Waals surface area (Å²) >= 11 is 1.66. The molecule has 4 nitrogen and oxygen atoms in total. The number of thiophene rings is 1. The van der Waals surface area contributed by atoms with Crippen molar-refractivity contribution < 1.29 is 0 Å². The lowest BCUT2D eigenvalue weighted by Gasteiger charge is -2.15. The van der Waals surface area contributed by atoms with Crippen LogP contribution in [-0.4, -0.2) is 22.6 Å². The standard InChI is InChI=1S/C15H24N4S/c1-4-6-7-8-11(3)17-13-12-9-10-20-14(12)19-15(18-13)16-5-2/h9-11H,4-8H2,1-3H3,(H2,16,17,18,19). The summed E-state index contributed by atoms with van der Waals surface area (Å²) in [5.41, 5.74) is 0. The van der Waals surface area contributed by atoms with Gasteiger partial charge >= 0.3 is 0 Å². The highest BCUT2D eigenvalue weighted by Crippen LogP contribution is 2.27. The third kappa shape index (κ3) is 3.82. The Morgan fingerprint density at radius 1 is 1.25 bits per heavy atom. The Balaban J connectivity index is 2.12. The highest BCUT2D eigenvalue weighted by atomic mass is 32.1. The van der Waals surface area contributed by atoms with Crippen LogP contribution < -0.4 is 10.6 Å². The molecule has 0 fully saturated rings. The maximum absolute atomic E-state index is 4.60. The Morgan fingerprint density at radius 2 is 2.10 bits per heavy atom. The molecule has 0 saturated carbocycles. The molecule has 0 aliphatic heterocycles. The van der Waals surface area contributed by atoms with Crippen LogP contribution in [0.5, 0.6) is 0 Å². The maximum Gasteiger partial charge on any atom is 0.226 e. The molecule has 2 aromatic rings. The molecule has 0 bridgehead atoms. The Kier molecular flexibility index (Phi) is 5.59. The van der Waals surface area contributed by atoms with Crippen LogP contribution in [0.25, 0.3) is 10.2 Å². The first kappa shape index (κ1) is 15.0. The second kappa shape index (κ2) is 7.43. The van der Waals surface area contributed by atoms with Crippen molar-refractivity contribution in [2.24, 2.45) is 0 Å². The van der Waals surface area contributed by atoms with Crippen molar-refractivity contribution >= 4 is 33.3 Å². The molecule has 0 aliphatic carbocycles. The molecule has 0 spiro atoms. The lowest BCUT2D eigenvalue weighted by Crippen LogP contribution is -2.17. The summed E-state index contributed by atoms with van der Waals surface area (Å²) in [6.45, 7) is 7.35. The third-order valence-electron chi connectivity index (χ3n) is 3.28. The number of anilines is 2. The molecule has 0 amide bonds. The van der Waals surface area contributed by atoms with Gasteiger partial charge in [0.15, 0.2) is 0 Å². The van der Waals surface area contributed by atoms with Crippen molar-refractivity contribution in [2.45, 2.75) is 52.5 Å². The molecule has 5 heteroatoms. The largest absolute Gasteiger partial charge is 0.367 e. The molecule has 0 aliphatic rings. The molecule has 2 aromatic heterocycles. The second-order valence-electron chi connectivity index (χ2n) is 5.11. The van der Waals surface area contributed by atoms with E-state index in [1.807, 2.05) is 0 Å². The number of nitrogens with one attached hydrogen (secondary N) is 2. The summed E-state index contributed by atoms with van der Waals surface area (Å²) in [5, 5.41) is 9.94. The van der Waals surface area contributed by atoms with Gasteiger partial charge in [-0.1, -0.05) is 26.2 Å². The first-order valence-corrected chi connectivity index (χ1v) is 8.38. The monoisotopic (exact) mass is 292 g/mol. The molecule has 0 radical (unpaired) electrons. The molecular weight excluding hydrogens is 268 g/mol. The van der Waals surface area contributed by atoms with Crippen molar-refractivity contribution in [3.8, 4) is 0 Å². The minimum Gasteiger partial charge on any atom is -0.367 e. The number of fused-ring (bicyclic) bond motifs is 1. The van der Waals surface area contributed by atoms with Gasteiger partial charge < -0.3 is 10.6 Å². The topological polar surface area (TPSA) is 49.8 Å². The van der Waals surface area contributed by atoms with Gasteiger partial charge in [0.25, 0.3) is 0 Å². The predicted molar refractivity (Wildman–Crippen MR) is 88.8 cm³/mol. The van der Waals surface area contributed by atoms with E-state index in [4.69, 9.17) is 0 Å². The Labute approximate surface area is 125 Å². The van der Waals surface area contributed by atoms with Gasteiger partial charge in [0.1, 0.15) is 10.6 Å². The van der Waals surface area contributed by atoms with Gasteiger partial charge in [-0.25, -0.2) is 4.98 Å². The Hall–Kier alpha value is -1.36. The zero-order valence-corrected chi connectivity index (χ0v) is 13.4. The minimum atomic E-state index is 0.439. The molecule has 0 saturated heterocycles. The molecule has 2 heterocycles. The lowest BCUT2D eigenvalue weighted by atomic mass is 10.1. The van der Waals surface area contributed by atoms with Crippen molar-refractivity contribution in [3.63, 3.8) is 0 Å². The summed E-state index contributed by atoms with van der Waals surface area (Å²) in [6.07, 6.45) is 5.01. The molecule has 110 valence electrons. The minimum absolute atomic E-state index is 0.439. The van der Waals surface area contributed by atoms with E-state index in [1.165, 1.54) is 25.7 Å². The summed E-state index contributed by atoms with van der Waals surface area (Å²) in [4.78, 5) is 10.2. The van der Waals surface area contributed by atoms with Gasteiger partial charge in [-0.05, 0) is 31.7 Å². The molecule has 1 unspecified atom stereocenters. The van der Waals surface area contributed by atoms with E-state index >= 15 is 0 Å². The van der Waals surface area contributed by atoms with E-state index < -0.39 is 0 Å². The van der Waals surface area contributed by atoms with E-state index in [0.717, 1.165) is 22.6 Å². The summed E-state index contributed by atoms with van der Waals surface area (Å²) in [7, 11) is 0. The highest BCUT2D eigenvalue weighted by molar-refractivity contribution is 7.16. The number of rotatable bonds is 8. The van der Waals surface area contributed by atoms with Crippen LogP contribution in [0.1, 0.15) is 46.5 Å². The van der Waals surface area contributed by atoms with Crippen molar-refractivity contribution in [1.29, 1.82) is 0 Å². The van der Waals surface area contributed by atoms with Crippen LogP contribution in [0.15, 0.2) is 11.4 Å². The molecule has 1 atom stereocenters. The van der Waals surface area contributed by atoms with Crippen molar-refractivity contribution in [1.82, 2.24) is 9.97 Å². The number of hydrogen-bond acceptors (Lipinski definition) is 5. The Bertz CT molecular complexity index is 538. The fraction of sp³-hybridized carbons (Fsp3) is 0.600. The quantitative estimate of drug-likeness (QED) is 0.703. The molecule has 20 heavy (non-hydrogen) atoms. The van der Waals surface area contributed by atoms with Crippen LogP contribution in [0.3, 0.4) is 0 Å². The van der Waals surface area contributed by atoms with Gasteiger partial charge in [0.05, 0.1) is 5.39 Å². The normalized spacial score (nSPS) is 12.6. The Morgan fingerprint density at radius 3 is 2.85 bits per heavy atom. The van der Waals surface area contributed by atoms with Gasteiger partial charge in [-0.3, -0.25) is 0 Å². The fourth-order valence-electron chi connectivity index (χ4n) is 2.21. The van der Waals surface area contributed by atoms with E-state index in [1.54, 1.807) is 11.3 Å². The average Bonchev–Trinajstić information content (AvgIpc) is 2.88. The summed E-state index contributed by atoms with van der Waals surface area (Å²) < 4.78 is 0. The van der Waals surface area contributed by atoms with Gasteiger partial charge in [-0.2, -0.15) is 4.98 Å². The SMILES string of the molecule is CCCCCC(C)Nc1nc(NCC)nc2sccc12. The average molecular weight is 292 g/mol. The predicted octanol–water partition coefficient (Wildman–Crippen LogP) is 4.50. The zero-order valence-electron chi connectivity index (χ0n) is 12.6. The lowest BCUT2D eigenvalue weighted by molar-refractivity contribution is 0.614.